The standard InChI is InChI=1S/C9H12BrNO2/c1-13-6-2-3-8(10)7(4-6)9(11)5-12/h2-4,9,12H,5,11H2,1H3/t9-/m0/s1. The Kier molecular flexibility index (Phi) is 3.71. The molecule has 0 saturated heterocycles. The molecule has 72 valence electrons. The molecule has 13 heavy (non-hydrogen) atoms. The molecule has 0 spiro atoms. The maximum absolute atomic E-state index is 8.89. The van der Waals surface area contributed by atoms with E-state index in [1.807, 2.05) is 18.2 Å². The number of rotatable bonds is 3. The van der Waals surface area contributed by atoms with Gasteiger partial charge in [-0.25, -0.2) is 0 Å². The Labute approximate surface area is 85.6 Å². The van der Waals surface area contributed by atoms with Crippen LogP contribution in [0.3, 0.4) is 0 Å². The molecule has 0 aliphatic heterocycles. The number of aliphatic hydroxyl groups excluding tert-OH is 1. The van der Waals surface area contributed by atoms with Crippen molar-refractivity contribution in [2.75, 3.05) is 13.7 Å². The number of methoxy groups -OCH3 is 1. The number of hydrogen-bond acceptors (Lipinski definition) is 3. The Morgan fingerprint density at radius 3 is 2.85 bits per heavy atom. The molecule has 1 aromatic carbocycles. The quantitative estimate of drug-likeness (QED) is 0.848. The fourth-order valence-electron chi connectivity index (χ4n) is 1.03. The highest BCUT2D eigenvalue weighted by Gasteiger charge is 2.09. The van der Waals surface area contributed by atoms with Crippen molar-refractivity contribution in [1.82, 2.24) is 0 Å². The molecule has 1 aromatic rings. The Morgan fingerprint density at radius 2 is 2.31 bits per heavy atom. The molecule has 3 nitrogen and oxygen atoms in total. The summed E-state index contributed by atoms with van der Waals surface area (Å²) in [6.45, 7) is -0.0776. The zero-order valence-corrected chi connectivity index (χ0v) is 8.91. The normalized spacial score (nSPS) is 12.6. The molecule has 4 heteroatoms. The highest BCUT2D eigenvalue weighted by atomic mass is 79.9. The van der Waals surface area contributed by atoms with Gasteiger partial charge in [0, 0.05) is 4.47 Å². The Balaban J connectivity index is 3.03. The summed E-state index contributed by atoms with van der Waals surface area (Å²) in [7, 11) is 1.59. The zero-order valence-electron chi connectivity index (χ0n) is 7.33. The van der Waals surface area contributed by atoms with Crippen LogP contribution in [0.15, 0.2) is 22.7 Å². The molecule has 0 fully saturated rings. The van der Waals surface area contributed by atoms with Crippen molar-refractivity contribution < 1.29 is 9.84 Å². The summed E-state index contributed by atoms with van der Waals surface area (Å²) in [6, 6.07) is 5.12. The first-order valence-corrected chi connectivity index (χ1v) is 4.68. The topological polar surface area (TPSA) is 55.5 Å². The smallest absolute Gasteiger partial charge is 0.119 e. The van der Waals surface area contributed by atoms with Crippen LogP contribution in [0.5, 0.6) is 5.75 Å². The lowest BCUT2D eigenvalue weighted by atomic mass is 10.1. The third-order valence-electron chi connectivity index (χ3n) is 1.80. The molecule has 0 bridgehead atoms. The molecule has 1 rings (SSSR count). The van der Waals surface area contributed by atoms with E-state index in [-0.39, 0.29) is 12.6 Å². The fourth-order valence-corrected chi connectivity index (χ4v) is 1.57. The van der Waals surface area contributed by atoms with Crippen molar-refractivity contribution in [2.24, 2.45) is 5.73 Å². The summed E-state index contributed by atoms with van der Waals surface area (Å²) in [4.78, 5) is 0. The number of hydrogen-bond donors (Lipinski definition) is 2. The number of nitrogens with two attached hydrogens (primary N) is 1. The lowest BCUT2D eigenvalue weighted by Crippen LogP contribution is -2.15. The van der Waals surface area contributed by atoms with Crippen LogP contribution in [-0.2, 0) is 0 Å². The fraction of sp³-hybridized carbons (Fsp3) is 0.333. The summed E-state index contributed by atoms with van der Waals surface area (Å²) in [5, 5.41) is 8.89. The first-order chi connectivity index (χ1) is 6.19. The minimum absolute atomic E-state index is 0.0776. The van der Waals surface area contributed by atoms with Gasteiger partial charge in [0.1, 0.15) is 5.75 Å². The van der Waals surface area contributed by atoms with Crippen molar-refractivity contribution in [2.45, 2.75) is 6.04 Å². The largest absolute Gasteiger partial charge is 0.497 e. The molecule has 0 aliphatic rings. The minimum Gasteiger partial charge on any atom is -0.497 e. The second kappa shape index (κ2) is 4.60. The maximum Gasteiger partial charge on any atom is 0.119 e. The SMILES string of the molecule is COc1ccc(Br)c([C@@H](N)CO)c1. The van der Waals surface area contributed by atoms with Gasteiger partial charge >= 0.3 is 0 Å². The predicted octanol–water partition coefficient (Wildman–Crippen LogP) is 1.45. The van der Waals surface area contributed by atoms with Crippen molar-refractivity contribution in [1.29, 1.82) is 0 Å². The predicted molar refractivity (Wildman–Crippen MR) is 54.7 cm³/mol. The van der Waals surface area contributed by atoms with E-state index in [0.717, 1.165) is 15.8 Å². The second-order valence-electron chi connectivity index (χ2n) is 2.68. The molecule has 0 radical (unpaired) electrons. The van der Waals surface area contributed by atoms with Gasteiger partial charge in [-0.2, -0.15) is 0 Å². The number of halogens is 1. The summed E-state index contributed by atoms with van der Waals surface area (Å²) in [5.41, 5.74) is 6.53. The molecular weight excluding hydrogens is 234 g/mol. The number of ether oxygens (including phenoxy) is 1. The molecule has 0 saturated carbocycles. The van der Waals surface area contributed by atoms with Gasteiger partial charge in [0.2, 0.25) is 0 Å². The van der Waals surface area contributed by atoms with Crippen LogP contribution in [0.4, 0.5) is 0 Å². The highest BCUT2D eigenvalue weighted by molar-refractivity contribution is 9.10. The van der Waals surface area contributed by atoms with E-state index >= 15 is 0 Å². The van der Waals surface area contributed by atoms with E-state index in [1.54, 1.807) is 7.11 Å². The highest BCUT2D eigenvalue weighted by Crippen LogP contribution is 2.26. The summed E-state index contributed by atoms with van der Waals surface area (Å²) in [6.07, 6.45) is 0. The van der Waals surface area contributed by atoms with Crippen molar-refractivity contribution in [3.05, 3.63) is 28.2 Å². The molecule has 0 heterocycles. The summed E-state index contributed by atoms with van der Waals surface area (Å²) < 4.78 is 5.93. The third-order valence-corrected chi connectivity index (χ3v) is 2.52. The second-order valence-corrected chi connectivity index (χ2v) is 3.53. The molecule has 0 amide bonds. The van der Waals surface area contributed by atoms with Crippen LogP contribution in [0.1, 0.15) is 11.6 Å². The van der Waals surface area contributed by atoms with Crippen molar-refractivity contribution in [3.63, 3.8) is 0 Å². The van der Waals surface area contributed by atoms with E-state index in [0.29, 0.717) is 0 Å². The van der Waals surface area contributed by atoms with E-state index < -0.39 is 0 Å². The van der Waals surface area contributed by atoms with E-state index in [1.165, 1.54) is 0 Å². The van der Waals surface area contributed by atoms with Gasteiger partial charge in [0.25, 0.3) is 0 Å². The zero-order chi connectivity index (χ0) is 9.84. The van der Waals surface area contributed by atoms with Gasteiger partial charge in [0.05, 0.1) is 19.8 Å². The van der Waals surface area contributed by atoms with Gasteiger partial charge in [-0.05, 0) is 23.8 Å². The molecule has 0 aromatic heterocycles. The molecule has 3 N–H and O–H groups in total. The van der Waals surface area contributed by atoms with E-state index in [4.69, 9.17) is 15.6 Å². The lowest BCUT2D eigenvalue weighted by molar-refractivity contribution is 0.267. The average molecular weight is 246 g/mol. The lowest BCUT2D eigenvalue weighted by Gasteiger charge is -2.12. The van der Waals surface area contributed by atoms with Crippen LogP contribution >= 0.6 is 15.9 Å². The van der Waals surface area contributed by atoms with Gasteiger partial charge in [-0.15, -0.1) is 0 Å². The first kappa shape index (κ1) is 10.5. The third kappa shape index (κ3) is 2.43. The maximum atomic E-state index is 8.89. The van der Waals surface area contributed by atoms with E-state index in [9.17, 15) is 0 Å². The summed E-state index contributed by atoms with van der Waals surface area (Å²) >= 11 is 3.35. The Morgan fingerprint density at radius 1 is 1.62 bits per heavy atom. The van der Waals surface area contributed by atoms with Crippen molar-refractivity contribution >= 4 is 15.9 Å². The molecule has 0 aliphatic carbocycles. The van der Waals surface area contributed by atoms with Gasteiger partial charge in [-0.1, -0.05) is 15.9 Å². The van der Waals surface area contributed by atoms with Crippen LogP contribution in [0, 0.1) is 0 Å². The van der Waals surface area contributed by atoms with Gasteiger partial charge < -0.3 is 15.6 Å². The number of benzene rings is 1. The average Bonchev–Trinajstić information content (AvgIpc) is 2.17. The van der Waals surface area contributed by atoms with Crippen LogP contribution in [-0.4, -0.2) is 18.8 Å². The van der Waals surface area contributed by atoms with E-state index in [2.05, 4.69) is 15.9 Å². The minimum atomic E-state index is -0.371. The first-order valence-electron chi connectivity index (χ1n) is 3.89. The summed E-state index contributed by atoms with van der Waals surface area (Å²) in [5.74, 6) is 0.738. The van der Waals surface area contributed by atoms with Gasteiger partial charge in [0.15, 0.2) is 0 Å². The monoisotopic (exact) mass is 245 g/mol. The Bertz CT molecular complexity index is 291. The van der Waals surface area contributed by atoms with Gasteiger partial charge in [-0.3, -0.25) is 0 Å². The van der Waals surface area contributed by atoms with Crippen molar-refractivity contribution in [3.8, 4) is 5.75 Å². The Hall–Kier alpha value is -0.580. The van der Waals surface area contributed by atoms with Crippen LogP contribution < -0.4 is 10.5 Å². The molecule has 0 unspecified atom stereocenters. The molecule has 1 atom stereocenters. The number of aliphatic hydroxyl groups is 1. The molecular formula is C9H12BrNO2. The van der Waals surface area contributed by atoms with Crippen LogP contribution in [0.2, 0.25) is 0 Å². The van der Waals surface area contributed by atoms with Crippen LogP contribution in [0.25, 0.3) is 0 Å².